The number of carbonyl (C=O) groups is 1. The van der Waals surface area contributed by atoms with Crippen LogP contribution in [0, 0.1) is 0 Å². The van der Waals surface area contributed by atoms with Gasteiger partial charge in [0.25, 0.3) is 0 Å². The van der Waals surface area contributed by atoms with E-state index < -0.39 is 16.0 Å². The standard InChI is InChI=1S/C12H20N2O5S/c1-9(2)19-6-5-14(4)20(17,18)10-7-11(12(15)16)13(3)8-10/h7-9H,5-6H2,1-4H3,(H,15,16). The van der Waals surface area contributed by atoms with Crippen LogP contribution in [0.3, 0.4) is 0 Å². The molecule has 0 aromatic carbocycles. The van der Waals surface area contributed by atoms with Crippen molar-refractivity contribution in [3.05, 3.63) is 18.0 Å². The number of sulfonamides is 1. The lowest BCUT2D eigenvalue weighted by molar-refractivity contribution is 0.0686. The van der Waals surface area contributed by atoms with E-state index in [1.54, 1.807) is 0 Å². The summed E-state index contributed by atoms with van der Waals surface area (Å²) in [4.78, 5) is 10.9. The molecule has 114 valence electrons. The van der Waals surface area contributed by atoms with Crippen LogP contribution in [0.15, 0.2) is 17.2 Å². The zero-order chi connectivity index (χ0) is 15.5. The van der Waals surface area contributed by atoms with Crippen LogP contribution in [0.2, 0.25) is 0 Å². The van der Waals surface area contributed by atoms with Crippen LogP contribution < -0.4 is 0 Å². The Kier molecular flexibility index (Phi) is 5.32. The molecule has 1 aromatic heterocycles. The van der Waals surface area contributed by atoms with E-state index in [2.05, 4.69) is 0 Å². The molecule has 0 bridgehead atoms. The minimum atomic E-state index is -3.70. The Balaban J connectivity index is 2.87. The molecule has 20 heavy (non-hydrogen) atoms. The van der Waals surface area contributed by atoms with Crippen molar-refractivity contribution in [1.82, 2.24) is 8.87 Å². The molecule has 0 aliphatic heterocycles. The molecule has 0 fully saturated rings. The number of carboxylic acid groups (broad SMARTS) is 1. The van der Waals surface area contributed by atoms with Gasteiger partial charge in [-0.3, -0.25) is 0 Å². The number of hydrogen-bond donors (Lipinski definition) is 1. The maximum Gasteiger partial charge on any atom is 0.352 e. The molecule has 1 rings (SSSR count). The van der Waals surface area contributed by atoms with E-state index in [1.165, 1.54) is 24.9 Å². The fraction of sp³-hybridized carbons (Fsp3) is 0.583. The molecule has 0 aliphatic rings. The maximum absolute atomic E-state index is 12.3. The summed E-state index contributed by atoms with van der Waals surface area (Å²) in [5, 5.41) is 8.94. The zero-order valence-electron chi connectivity index (χ0n) is 12.0. The molecule has 1 heterocycles. The summed E-state index contributed by atoms with van der Waals surface area (Å²) in [6.45, 7) is 4.22. The van der Waals surface area contributed by atoms with Gasteiger partial charge in [0.2, 0.25) is 10.0 Å². The van der Waals surface area contributed by atoms with E-state index in [9.17, 15) is 13.2 Å². The lowest BCUT2D eigenvalue weighted by atomic mass is 10.4. The van der Waals surface area contributed by atoms with Gasteiger partial charge in [-0.15, -0.1) is 0 Å². The minimum absolute atomic E-state index is 0.0291. The third kappa shape index (κ3) is 3.81. The Hall–Kier alpha value is -1.38. The number of ether oxygens (including phenoxy) is 1. The van der Waals surface area contributed by atoms with Gasteiger partial charge in [-0.25, -0.2) is 13.2 Å². The summed E-state index contributed by atoms with van der Waals surface area (Å²) in [6, 6.07) is 1.15. The Morgan fingerprint density at radius 3 is 2.55 bits per heavy atom. The van der Waals surface area contributed by atoms with Crippen LogP contribution in [0.25, 0.3) is 0 Å². The normalized spacial score (nSPS) is 12.3. The van der Waals surface area contributed by atoms with Crippen molar-refractivity contribution in [3.8, 4) is 0 Å². The predicted molar refractivity (Wildman–Crippen MR) is 73.3 cm³/mol. The molecule has 0 saturated carbocycles. The molecule has 0 spiro atoms. The Morgan fingerprint density at radius 2 is 2.10 bits per heavy atom. The molecular formula is C12H20N2O5S. The molecule has 7 nitrogen and oxygen atoms in total. The number of hydrogen-bond acceptors (Lipinski definition) is 4. The first-order chi connectivity index (χ1) is 9.16. The summed E-state index contributed by atoms with van der Waals surface area (Å²) < 4.78 is 32.2. The van der Waals surface area contributed by atoms with Crippen LogP contribution in [0.1, 0.15) is 24.3 Å². The van der Waals surface area contributed by atoms with Crippen molar-refractivity contribution < 1.29 is 23.1 Å². The van der Waals surface area contributed by atoms with Gasteiger partial charge in [0, 0.05) is 26.8 Å². The molecule has 0 aliphatic carbocycles. The van der Waals surface area contributed by atoms with Crippen molar-refractivity contribution in [2.75, 3.05) is 20.2 Å². The highest BCUT2D eigenvalue weighted by atomic mass is 32.2. The molecule has 0 unspecified atom stereocenters. The van der Waals surface area contributed by atoms with Crippen molar-refractivity contribution in [1.29, 1.82) is 0 Å². The number of nitrogens with zero attached hydrogens (tertiary/aromatic N) is 2. The van der Waals surface area contributed by atoms with E-state index in [-0.39, 0.29) is 29.8 Å². The van der Waals surface area contributed by atoms with Gasteiger partial charge >= 0.3 is 5.97 Å². The molecule has 0 saturated heterocycles. The second kappa shape index (κ2) is 6.38. The summed E-state index contributed by atoms with van der Waals surface area (Å²) in [6.07, 6.45) is 1.32. The second-order valence-corrected chi connectivity index (χ2v) is 6.77. The first-order valence-corrected chi connectivity index (χ1v) is 7.58. The van der Waals surface area contributed by atoms with Crippen molar-refractivity contribution >= 4 is 16.0 Å². The number of carboxylic acids is 1. The fourth-order valence-corrected chi connectivity index (χ4v) is 2.83. The van der Waals surface area contributed by atoms with Crippen LogP contribution >= 0.6 is 0 Å². The zero-order valence-corrected chi connectivity index (χ0v) is 12.8. The summed E-state index contributed by atoms with van der Waals surface area (Å²) in [5.41, 5.74) is -0.0737. The highest BCUT2D eigenvalue weighted by Gasteiger charge is 2.24. The summed E-state index contributed by atoms with van der Waals surface area (Å²) in [5.74, 6) is -1.17. The van der Waals surface area contributed by atoms with Gasteiger partial charge in [-0.05, 0) is 19.9 Å². The average molecular weight is 304 g/mol. The topological polar surface area (TPSA) is 88.8 Å². The third-order valence-electron chi connectivity index (χ3n) is 2.76. The van der Waals surface area contributed by atoms with Crippen LogP contribution in [0.5, 0.6) is 0 Å². The van der Waals surface area contributed by atoms with E-state index >= 15 is 0 Å². The monoisotopic (exact) mass is 304 g/mol. The van der Waals surface area contributed by atoms with E-state index in [1.807, 2.05) is 13.8 Å². The first kappa shape index (κ1) is 16.7. The van der Waals surface area contributed by atoms with Gasteiger partial charge in [-0.2, -0.15) is 4.31 Å². The van der Waals surface area contributed by atoms with Gasteiger partial charge in [-0.1, -0.05) is 0 Å². The van der Waals surface area contributed by atoms with Crippen molar-refractivity contribution in [2.45, 2.75) is 24.8 Å². The first-order valence-electron chi connectivity index (χ1n) is 6.14. The molecule has 0 amide bonds. The van der Waals surface area contributed by atoms with Crippen LogP contribution in [-0.4, -0.2) is 54.7 Å². The molecule has 1 aromatic rings. The van der Waals surface area contributed by atoms with Gasteiger partial charge in [0.15, 0.2) is 0 Å². The largest absolute Gasteiger partial charge is 0.477 e. The minimum Gasteiger partial charge on any atom is -0.477 e. The number of aromatic nitrogens is 1. The smallest absolute Gasteiger partial charge is 0.352 e. The lowest BCUT2D eigenvalue weighted by Gasteiger charge is -2.17. The summed E-state index contributed by atoms with van der Waals surface area (Å²) >= 11 is 0. The fourth-order valence-electron chi connectivity index (χ4n) is 1.60. The quantitative estimate of drug-likeness (QED) is 0.803. The van der Waals surface area contributed by atoms with Gasteiger partial charge < -0.3 is 14.4 Å². The molecular weight excluding hydrogens is 284 g/mol. The maximum atomic E-state index is 12.3. The van der Waals surface area contributed by atoms with E-state index in [0.29, 0.717) is 0 Å². The molecule has 0 atom stereocenters. The third-order valence-corrected chi connectivity index (χ3v) is 4.59. The van der Waals surface area contributed by atoms with Crippen LogP contribution in [-0.2, 0) is 21.8 Å². The SMILES string of the molecule is CC(C)OCCN(C)S(=O)(=O)c1cc(C(=O)O)n(C)c1. The van der Waals surface area contributed by atoms with Crippen molar-refractivity contribution in [2.24, 2.45) is 7.05 Å². The molecule has 8 heteroatoms. The molecule has 1 N–H and O–H groups in total. The van der Waals surface area contributed by atoms with Crippen LogP contribution in [0.4, 0.5) is 0 Å². The van der Waals surface area contributed by atoms with E-state index in [0.717, 1.165) is 10.4 Å². The number of aromatic carboxylic acids is 1. The number of likely N-dealkylation sites (N-methyl/N-ethyl adjacent to an activating group) is 1. The van der Waals surface area contributed by atoms with E-state index in [4.69, 9.17) is 9.84 Å². The van der Waals surface area contributed by atoms with Gasteiger partial charge in [0.1, 0.15) is 10.6 Å². The predicted octanol–water partition coefficient (Wildman–Crippen LogP) is 0.769. The number of rotatable bonds is 7. The molecule has 0 radical (unpaired) electrons. The highest BCUT2D eigenvalue weighted by molar-refractivity contribution is 7.89. The lowest BCUT2D eigenvalue weighted by Crippen LogP contribution is -2.30. The Morgan fingerprint density at radius 1 is 1.50 bits per heavy atom. The Labute approximate surface area is 118 Å². The van der Waals surface area contributed by atoms with Crippen molar-refractivity contribution in [3.63, 3.8) is 0 Å². The van der Waals surface area contributed by atoms with Gasteiger partial charge in [0.05, 0.1) is 12.7 Å². The summed E-state index contributed by atoms with van der Waals surface area (Å²) in [7, 11) is -0.776. The average Bonchev–Trinajstić information content (AvgIpc) is 2.71. The Bertz CT molecular complexity index is 577. The second-order valence-electron chi connectivity index (χ2n) is 4.72. The highest BCUT2D eigenvalue weighted by Crippen LogP contribution is 2.17. The number of aryl methyl sites for hydroxylation is 1.